The van der Waals surface area contributed by atoms with Crippen molar-refractivity contribution in [3.63, 3.8) is 0 Å². The van der Waals surface area contributed by atoms with E-state index in [-0.39, 0.29) is 29.0 Å². The molecule has 3 N–H and O–H groups in total. The van der Waals surface area contributed by atoms with Crippen LogP contribution >= 0.6 is 0 Å². The van der Waals surface area contributed by atoms with Crippen molar-refractivity contribution < 1.29 is 17.9 Å². The van der Waals surface area contributed by atoms with Gasteiger partial charge in [-0.05, 0) is 25.0 Å². The third kappa shape index (κ3) is 3.34. The van der Waals surface area contributed by atoms with Crippen LogP contribution in [0, 0.1) is 5.41 Å². The molecule has 0 spiro atoms. The number of nitrogens with one attached hydrogen (secondary N) is 2. The maximum atomic E-state index is 12.5. The summed E-state index contributed by atoms with van der Waals surface area (Å²) in [6, 6.07) is 4.24. The minimum atomic E-state index is -3.73. The fourth-order valence-corrected chi connectivity index (χ4v) is 4.29. The number of H-pyrrole nitrogens is 1. The smallest absolute Gasteiger partial charge is 0.408 e. The first-order valence-electron chi connectivity index (χ1n) is 7.68. The van der Waals surface area contributed by atoms with Crippen LogP contribution in [0.2, 0.25) is 0 Å². The highest BCUT2D eigenvalue weighted by atomic mass is 32.2. The Labute approximate surface area is 133 Å². The summed E-state index contributed by atoms with van der Waals surface area (Å²) >= 11 is 0. The molecule has 7 nitrogen and oxygen atoms in total. The van der Waals surface area contributed by atoms with E-state index in [0.717, 1.165) is 32.1 Å². The second-order valence-corrected chi connectivity index (χ2v) is 7.98. The number of aromatic amines is 1. The van der Waals surface area contributed by atoms with E-state index in [1.54, 1.807) is 0 Å². The first kappa shape index (κ1) is 16.2. The SMILES string of the molecule is O=c1[nH]c2ccc(S(=O)(=O)NCC3(CO)CCCCC3)cc2o1. The Bertz CT molecular complexity index is 846. The molecule has 1 aromatic heterocycles. The van der Waals surface area contributed by atoms with Gasteiger partial charge in [0.25, 0.3) is 0 Å². The zero-order chi connectivity index (χ0) is 16.5. The van der Waals surface area contributed by atoms with E-state index in [4.69, 9.17) is 4.42 Å². The Balaban J connectivity index is 1.80. The van der Waals surface area contributed by atoms with E-state index in [9.17, 15) is 18.3 Å². The number of hydrogen-bond acceptors (Lipinski definition) is 5. The fraction of sp³-hybridized carbons (Fsp3) is 0.533. The number of sulfonamides is 1. The molecule has 23 heavy (non-hydrogen) atoms. The van der Waals surface area contributed by atoms with Gasteiger partial charge in [-0.25, -0.2) is 17.9 Å². The van der Waals surface area contributed by atoms with Crippen molar-refractivity contribution in [1.29, 1.82) is 0 Å². The largest absolute Gasteiger partial charge is 0.417 e. The average Bonchev–Trinajstić information content (AvgIpc) is 2.93. The molecule has 2 aromatic rings. The van der Waals surface area contributed by atoms with Gasteiger partial charge < -0.3 is 9.52 Å². The summed E-state index contributed by atoms with van der Waals surface area (Å²) in [4.78, 5) is 13.7. The van der Waals surface area contributed by atoms with Crippen molar-refractivity contribution >= 4 is 21.1 Å². The molecule has 0 unspecified atom stereocenters. The molecule has 1 heterocycles. The number of aromatic nitrogens is 1. The molecule has 0 saturated heterocycles. The van der Waals surface area contributed by atoms with E-state index in [2.05, 4.69) is 9.71 Å². The molecule has 126 valence electrons. The molecule has 1 aliphatic carbocycles. The number of benzene rings is 1. The lowest BCUT2D eigenvalue weighted by Gasteiger charge is -2.35. The van der Waals surface area contributed by atoms with Crippen molar-refractivity contribution in [3.05, 3.63) is 28.7 Å². The first-order valence-corrected chi connectivity index (χ1v) is 9.16. The molecule has 1 aromatic carbocycles. The minimum absolute atomic E-state index is 0.0265. The molecule has 3 rings (SSSR count). The van der Waals surface area contributed by atoms with E-state index in [0.29, 0.717) is 5.52 Å². The molecule has 0 bridgehead atoms. The van der Waals surface area contributed by atoms with E-state index in [1.807, 2.05) is 0 Å². The highest BCUT2D eigenvalue weighted by Gasteiger charge is 2.33. The van der Waals surface area contributed by atoms with Crippen molar-refractivity contribution in [2.45, 2.75) is 37.0 Å². The molecule has 8 heteroatoms. The van der Waals surface area contributed by atoms with Gasteiger partial charge in [0, 0.05) is 24.6 Å². The maximum Gasteiger partial charge on any atom is 0.417 e. The first-order chi connectivity index (χ1) is 10.9. The predicted octanol–water partition coefficient (Wildman–Crippen LogP) is 1.34. The van der Waals surface area contributed by atoms with Crippen LogP contribution in [0.3, 0.4) is 0 Å². The summed E-state index contributed by atoms with van der Waals surface area (Å²) in [5, 5.41) is 9.66. The summed E-state index contributed by atoms with van der Waals surface area (Å²) in [5.41, 5.74) is 0.274. The van der Waals surface area contributed by atoms with Gasteiger partial charge in [0.2, 0.25) is 10.0 Å². The van der Waals surface area contributed by atoms with Gasteiger partial charge in [0.05, 0.1) is 10.4 Å². The van der Waals surface area contributed by atoms with Crippen LogP contribution in [0.4, 0.5) is 0 Å². The van der Waals surface area contributed by atoms with Crippen LogP contribution in [0.15, 0.2) is 32.3 Å². The molecule has 1 aliphatic rings. The number of hydrogen-bond donors (Lipinski definition) is 3. The van der Waals surface area contributed by atoms with Gasteiger partial charge in [-0.15, -0.1) is 0 Å². The molecule has 0 amide bonds. The van der Waals surface area contributed by atoms with Crippen LogP contribution in [0.25, 0.3) is 11.1 Å². The van der Waals surface area contributed by atoms with Crippen LogP contribution in [-0.4, -0.2) is 31.7 Å². The highest BCUT2D eigenvalue weighted by Crippen LogP contribution is 2.35. The number of fused-ring (bicyclic) bond motifs is 1. The molecule has 0 aliphatic heterocycles. The lowest BCUT2D eigenvalue weighted by atomic mass is 9.75. The molecular weight excluding hydrogens is 320 g/mol. The van der Waals surface area contributed by atoms with Crippen LogP contribution < -0.4 is 10.5 Å². The Morgan fingerprint density at radius 3 is 2.70 bits per heavy atom. The van der Waals surface area contributed by atoms with Crippen molar-refractivity contribution in [3.8, 4) is 0 Å². The van der Waals surface area contributed by atoms with Crippen molar-refractivity contribution in [1.82, 2.24) is 9.71 Å². The summed E-state index contributed by atoms with van der Waals surface area (Å²) in [6.45, 7) is 0.183. The summed E-state index contributed by atoms with van der Waals surface area (Å²) in [5.74, 6) is -0.621. The third-order valence-electron chi connectivity index (χ3n) is 4.59. The lowest BCUT2D eigenvalue weighted by Crippen LogP contribution is -2.41. The number of rotatable bonds is 5. The van der Waals surface area contributed by atoms with Gasteiger partial charge in [0.1, 0.15) is 0 Å². The zero-order valence-electron chi connectivity index (χ0n) is 12.7. The van der Waals surface area contributed by atoms with E-state index >= 15 is 0 Å². The Morgan fingerprint density at radius 2 is 2.00 bits per heavy atom. The zero-order valence-corrected chi connectivity index (χ0v) is 13.5. The standard InChI is InChI=1S/C15H20N2O5S/c18-10-15(6-2-1-3-7-15)9-16-23(20,21)11-4-5-12-13(8-11)22-14(19)17-12/h4-5,8,16,18H,1-3,6-7,9-10H2,(H,17,19). The minimum Gasteiger partial charge on any atom is -0.408 e. The Hall–Kier alpha value is -1.64. The normalized spacial score (nSPS) is 18.3. The predicted molar refractivity (Wildman–Crippen MR) is 84.6 cm³/mol. The topological polar surface area (TPSA) is 112 Å². The van der Waals surface area contributed by atoms with Gasteiger partial charge in [0.15, 0.2) is 5.58 Å². The van der Waals surface area contributed by atoms with Crippen molar-refractivity contribution in [2.75, 3.05) is 13.2 Å². The second-order valence-electron chi connectivity index (χ2n) is 6.22. The third-order valence-corrected chi connectivity index (χ3v) is 5.99. The average molecular weight is 340 g/mol. The second kappa shape index (κ2) is 6.10. The monoisotopic (exact) mass is 340 g/mol. The Kier molecular flexibility index (Phi) is 4.31. The maximum absolute atomic E-state index is 12.5. The van der Waals surface area contributed by atoms with Crippen molar-refractivity contribution in [2.24, 2.45) is 5.41 Å². The van der Waals surface area contributed by atoms with Crippen LogP contribution in [0.1, 0.15) is 32.1 Å². The quantitative estimate of drug-likeness (QED) is 0.760. The number of aliphatic hydroxyl groups is 1. The van der Waals surface area contributed by atoms with E-state index in [1.165, 1.54) is 18.2 Å². The number of aliphatic hydroxyl groups excluding tert-OH is 1. The van der Waals surface area contributed by atoms with Gasteiger partial charge in [-0.3, -0.25) is 4.98 Å². The lowest BCUT2D eigenvalue weighted by molar-refractivity contribution is 0.0867. The van der Waals surface area contributed by atoms with Gasteiger partial charge in [-0.1, -0.05) is 19.3 Å². The highest BCUT2D eigenvalue weighted by molar-refractivity contribution is 7.89. The molecule has 0 radical (unpaired) electrons. The summed E-state index contributed by atoms with van der Waals surface area (Å²) < 4.78 is 32.4. The van der Waals surface area contributed by atoms with E-state index < -0.39 is 15.8 Å². The summed E-state index contributed by atoms with van der Waals surface area (Å²) in [7, 11) is -3.73. The molecule has 1 saturated carbocycles. The molecule has 0 atom stereocenters. The Morgan fingerprint density at radius 1 is 1.26 bits per heavy atom. The molecular formula is C15H20N2O5S. The van der Waals surface area contributed by atoms with Crippen LogP contribution in [-0.2, 0) is 10.0 Å². The summed E-state index contributed by atoms with van der Waals surface area (Å²) in [6.07, 6.45) is 4.76. The number of oxazole rings is 1. The van der Waals surface area contributed by atoms with Gasteiger partial charge in [-0.2, -0.15) is 0 Å². The van der Waals surface area contributed by atoms with Crippen LogP contribution in [0.5, 0.6) is 0 Å². The molecule has 1 fully saturated rings. The van der Waals surface area contributed by atoms with Gasteiger partial charge >= 0.3 is 5.76 Å². The fourth-order valence-electron chi connectivity index (χ4n) is 3.12.